The van der Waals surface area contributed by atoms with Gasteiger partial charge < -0.3 is 19.3 Å². The summed E-state index contributed by atoms with van der Waals surface area (Å²) in [5, 5.41) is 7.30. The molecule has 0 aliphatic heterocycles. The minimum Gasteiger partial charge on any atom is -0.497 e. The van der Waals surface area contributed by atoms with E-state index in [-0.39, 0.29) is 12.3 Å². The van der Waals surface area contributed by atoms with Gasteiger partial charge in [0, 0.05) is 12.1 Å². The van der Waals surface area contributed by atoms with Crippen molar-refractivity contribution in [1.82, 2.24) is 10.5 Å². The Morgan fingerprint density at radius 1 is 0.903 bits per heavy atom. The van der Waals surface area contributed by atoms with E-state index in [1.165, 1.54) is 12.8 Å². The fraction of sp³-hybridized carbons (Fsp3) is 0.360. The molecule has 164 valence electrons. The number of benzene rings is 2. The highest BCUT2D eigenvalue weighted by molar-refractivity contribution is 5.86. The summed E-state index contributed by atoms with van der Waals surface area (Å²) in [6.45, 7) is 2.85. The van der Waals surface area contributed by atoms with Crippen LogP contribution < -0.4 is 14.8 Å². The van der Waals surface area contributed by atoms with Crippen LogP contribution in [0, 0.1) is 0 Å². The van der Waals surface area contributed by atoms with Gasteiger partial charge >= 0.3 is 0 Å². The zero-order chi connectivity index (χ0) is 22.1. The van der Waals surface area contributed by atoms with Gasteiger partial charge in [0.1, 0.15) is 17.2 Å². The second kappa shape index (κ2) is 11.2. The van der Waals surface area contributed by atoms with Crippen LogP contribution in [0.2, 0.25) is 0 Å². The van der Waals surface area contributed by atoms with Gasteiger partial charge in [-0.15, -0.1) is 0 Å². The van der Waals surface area contributed by atoms with Crippen molar-refractivity contribution < 1.29 is 18.8 Å². The Balaban J connectivity index is 1.86. The van der Waals surface area contributed by atoms with Crippen molar-refractivity contribution in [2.45, 2.75) is 39.0 Å². The van der Waals surface area contributed by atoms with Crippen LogP contribution in [0.5, 0.6) is 11.5 Å². The molecule has 0 spiro atoms. The van der Waals surface area contributed by atoms with E-state index in [0.717, 1.165) is 41.0 Å². The molecule has 3 rings (SSSR count). The summed E-state index contributed by atoms with van der Waals surface area (Å²) in [5.74, 6) is 2.00. The lowest BCUT2D eigenvalue weighted by atomic mass is 9.98. The monoisotopic (exact) mass is 422 g/mol. The highest BCUT2D eigenvalue weighted by Crippen LogP contribution is 2.36. The highest BCUT2D eigenvalue weighted by Gasteiger charge is 2.21. The number of nitrogens with one attached hydrogen (secondary N) is 1. The summed E-state index contributed by atoms with van der Waals surface area (Å²) >= 11 is 0. The fourth-order valence-electron chi connectivity index (χ4n) is 3.43. The number of hydrogen-bond acceptors (Lipinski definition) is 5. The summed E-state index contributed by atoms with van der Waals surface area (Å²) in [6.07, 6.45) is 4.60. The highest BCUT2D eigenvalue weighted by atomic mass is 16.5. The fourth-order valence-corrected chi connectivity index (χ4v) is 3.43. The molecule has 0 bridgehead atoms. The Labute approximate surface area is 183 Å². The van der Waals surface area contributed by atoms with Gasteiger partial charge in [-0.3, -0.25) is 4.79 Å². The summed E-state index contributed by atoms with van der Waals surface area (Å²) in [7, 11) is 3.26. The third kappa shape index (κ3) is 5.87. The maximum absolute atomic E-state index is 12.5. The van der Waals surface area contributed by atoms with Crippen molar-refractivity contribution in [3.63, 3.8) is 0 Å². The largest absolute Gasteiger partial charge is 0.497 e. The van der Waals surface area contributed by atoms with Crippen molar-refractivity contribution in [3.8, 4) is 33.9 Å². The van der Waals surface area contributed by atoms with Crippen LogP contribution >= 0.6 is 0 Å². The van der Waals surface area contributed by atoms with Crippen LogP contribution in [0.1, 0.15) is 38.4 Å². The number of hydrogen-bond donors (Lipinski definition) is 1. The Bertz CT molecular complexity index is 962. The summed E-state index contributed by atoms with van der Waals surface area (Å²) in [4.78, 5) is 12.5. The lowest BCUT2D eigenvalue weighted by Crippen LogP contribution is -2.26. The average molecular weight is 423 g/mol. The van der Waals surface area contributed by atoms with Crippen LogP contribution in [-0.4, -0.2) is 31.8 Å². The maximum atomic E-state index is 12.5. The molecule has 0 atom stereocenters. The first kappa shape index (κ1) is 22.4. The molecule has 0 aliphatic rings. The lowest BCUT2D eigenvalue weighted by molar-refractivity contribution is -0.120. The number of carbonyl (C=O) groups is 1. The van der Waals surface area contributed by atoms with E-state index >= 15 is 0 Å². The van der Waals surface area contributed by atoms with E-state index in [1.807, 2.05) is 48.5 Å². The number of nitrogens with zero attached hydrogens (tertiary/aromatic N) is 1. The quantitative estimate of drug-likeness (QED) is 0.427. The van der Waals surface area contributed by atoms with Gasteiger partial charge in [0.25, 0.3) is 0 Å². The van der Waals surface area contributed by atoms with Gasteiger partial charge in [-0.1, -0.05) is 43.5 Å². The molecule has 1 heterocycles. The molecule has 31 heavy (non-hydrogen) atoms. The predicted molar refractivity (Wildman–Crippen MR) is 121 cm³/mol. The molecule has 6 heteroatoms. The molecule has 0 saturated carbocycles. The van der Waals surface area contributed by atoms with Gasteiger partial charge in [0.2, 0.25) is 5.91 Å². The number of methoxy groups -OCH3 is 2. The molecule has 3 aromatic rings. The van der Waals surface area contributed by atoms with E-state index in [2.05, 4.69) is 17.4 Å². The van der Waals surface area contributed by atoms with Gasteiger partial charge in [0.15, 0.2) is 5.76 Å². The first-order chi connectivity index (χ1) is 15.2. The summed E-state index contributed by atoms with van der Waals surface area (Å²) in [5.41, 5.74) is 3.31. The summed E-state index contributed by atoms with van der Waals surface area (Å²) in [6, 6.07) is 15.3. The Kier molecular flexibility index (Phi) is 8.10. The van der Waals surface area contributed by atoms with Gasteiger partial charge in [-0.25, -0.2) is 0 Å². The second-order valence-corrected chi connectivity index (χ2v) is 7.37. The third-order valence-electron chi connectivity index (χ3n) is 5.18. The molecule has 0 aliphatic carbocycles. The second-order valence-electron chi connectivity index (χ2n) is 7.37. The van der Waals surface area contributed by atoms with E-state index in [0.29, 0.717) is 18.0 Å². The molecule has 1 aromatic heterocycles. The SMILES string of the molecule is CCCCCCNC(=O)Cc1onc(-c2ccc(OC)cc2)c1-c1ccc(OC)cc1. The van der Waals surface area contributed by atoms with Crippen molar-refractivity contribution in [1.29, 1.82) is 0 Å². The first-order valence-corrected chi connectivity index (χ1v) is 10.7. The van der Waals surface area contributed by atoms with Crippen molar-refractivity contribution in [2.24, 2.45) is 0 Å². The molecule has 0 radical (unpaired) electrons. The normalized spacial score (nSPS) is 10.7. The minimum absolute atomic E-state index is 0.0660. The third-order valence-corrected chi connectivity index (χ3v) is 5.18. The maximum Gasteiger partial charge on any atom is 0.227 e. The van der Waals surface area contributed by atoms with Gasteiger partial charge in [-0.05, 0) is 48.4 Å². The van der Waals surface area contributed by atoms with Crippen LogP contribution in [0.3, 0.4) is 0 Å². The number of ether oxygens (including phenoxy) is 2. The predicted octanol–water partition coefficient (Wildman–Crippen LogP) is 5.26. The van der Waals surface area contributed by atoms with Crippen molar-refractivity contribution in [2.75, 3.05) is 20.8 Å². The van der Waals surface area contributed by atoms with E-state index < -0.39 is 0 Å². The molecule has 0 fully saturated rings. The number of amides is 1. The number of unbranched alkanes of at least 4 members (excludes halogenated alkanes) is 3. The molecule has 0 unspecified atom stereocenters. The smallest absolute Gasteiger partial charge is 0.227 e. The van der Waals surface area contributed by atoms with Crippen molar-refractivity contribution >= 4 is 5.91 Å². The van der Waals surface area contributed by atoms with Gasteiger partial charge in [0.05, 0.1) is 26.2 Å². The van der Waals surface area contributed by atoms with E-state index in [9.17, 15) is 4.79 Å². The average Bonchev–Trinajstić information content (AvgIpc) is 3.22. The van der Waals surface area contributed by atoms with Crippen LogP contribution in [0.4, 0.5) is 0 Å². The van der Waals surface area contributed by atoms with Crippen LogP contribution in [-0.2, 0) is 11.2 Å². The van der Waals surface area contributed by atoms with E-state index in [1.54, 1.807) is 14.2 Å². The molecule has 6 nitrogen and oxygen atoms in total. The Hall–Kier alpha value is -3.28. The molecule has 1 amide bonds. The van der Waals surface area contributed by atoms with Crippen LogP contribution in [0.25, 0.3) is 22.4 Å². The standard InChI is InChI=1S/C25H30N2O4/c1-4-5-6-7-16-26-23(28)17-22-24(18-8-12-20(29-2)13-9-18)25(27-31-22)19-10-14-21(30-3)15-11-19/h8-15H,4-7,16-17H2,1-3H3,(H,26,28). The van der Waals surface area contributed by atoms with Gasteiger partial charge in [-0.2, -0.15) is 0 Å². The molecular weight excluding hydrogens is 392 g/mol. The Morgan fingerprint density at radius 3 is 2.10 bits per heavy atom. The first-order valence-electron chi connectivity index (χ1n) is 10.7. The van der Waals surface area contributed by atoms with E-state index in [4.69, 9.17) is 14.0 Å². The zero-order valence-corrected chi connectivity index (χ0v) is 18.4. The summed E-state index contributed by atoms with van der Waals surface area (Å²) < 4.78 is 16.2. The molecular formula is C25H30N2O4. The molecule has 1 N–H and O–H groups in total. The topological polar surface area (TPSA) is 73.6 Å². The number of aromatic nitrogens is 1. The lowest BCUT2D eigenvalue weighted by Gasteiger charge is -2.08. The molecule has 0 saturated heterocycles. The number of rotatable bonds is 11. The minimum atomic E-state index is -0.0660. The zero-order valence-electron chi connectivity index (χ0n) is 18.4. The van der Waals surface area contributed by atoms with Crippen molar-refractivity contribution in [3.05, 3.63) is 54.3 Å². The number of carbonyl (C=O) groups excluding carboxylic acids is 1. The molecule has 2 aromatic carbocycles. The Morgan fingerprint density at radius 2 is 1.52 bits per heavy atom. The van der Waals surface area contributed by atoms with Crippen LogP contribution in [0.15, 0.2) is 53.1 Å².